The average Bonchev–Trinajstić information content (AvgIpc) is 3.00. The van der Waals surface area contributed by atoms with Crippen molar-refractivity contribution >= 4 is 33.8 Å². The highest BCUT2D eigenvalue weighted by Crippen LogP contribution is 2.28. The van der Waals surface area contributed by atoms with Crippen LogP contribution in [-0.2, 0) is 11.3 Å². The van der Waals surface area contributed by atoms with Crippen molar-refractivity contribution in [1.82, 2.24) is 24.9 Å². The van der Waals surface area contributed by atoms with Gasteiger partial charge in [-0.05, 0) is 24.7 Å². The Kier molecular flexibility index (Phi) is 4.81. The molecule has 3 heterocycles. The van der Waals surface area contributed by atoms with E-state index in [0.717, 1.165) is 42.2 Å². The summed E-state index contributed by atoms with van der Waals surface area (Å²) in [6.07, 6.45) is -0.493. The van der Waals surface area contributed by atoms with Crippen LogP contribution in [0.2, 0.25) is 0 Å². The number of guanidine groups is 1. The second-order valence-corrected chi connectivity index (χ2v) is 8.16. The van der Waals surface area contributed by atoms with Crippen molar-refractivity contribution in [3.8, 4) is 0 Å². The van der Waals surface area contributed by atoms with Gasteiger partial charge in [-0.15, -0.1) is 0 Å². The van der Waals surface area contributed by atoms with Crippen LogP contribution >= 0.6 is 15.9 Å². The van der Waals surface area contributed by atoms with Gasteiger partial charge in [0.25, 0.3) is 5.91 Å². The Balaban J connectivity index is 1.66. The van der Waals surface area contributed by atoms with Crippen LogP contribution in [0.1, 0.15) is 5.56 Å². The van der Waals surface area contributed by atoms with E-state index in [9.17, 15) is 9.59 Å². The van der Waals surface area contributed by atoms with Gasteiger partial charge in [-0.25, -0.2) is 9.79 Å². The lowest BCUT2D eigenvalue weighted by atomic mass is 10.1. The fraction of sp³-hybridized carbons (Fsp3) is 0.500. The molecule has 27 heavy (non-hydrogen) atoms. The SMILES string of the molecule is CN1CCN(C2=NC3C(C(=O)NC(=O)N3C)N2Cc2cccc(Br)c2)CC1. The number of aliphatic imine (C=N–C) groups is 1. The van der Waals surface area contributed by atoms with Gasteiger partial charge < -0.3 is 19.6 Å². The minimum Gasteiger partial charge on any atom is -0.340 e. The van der Waals surface area contributed by atoms with Gasteiger partial charge in [0.2, 0.25) is 0 Å². The number of likely N-dealkylation sites (N-methyl/N-ethyl adjacent to an activating group) is 2. The number of nitrogens with zero attached hydrogens (tertiary/aromatic N) is 5. The van der Waals surface area contributed by atoms with Crippen molar-refractivity contribution in [3.05, 3.63) is 34.3 Å². The third kappa shape index (κ3) is 3.41. The maximum Gasteiger partial charge on any atom is 0.325 e. The maximum absolute atomic E-state index is 12.7. The molecule has 2 fully saturated rings. The molecule has 1 aromatic rings. The monoisotopic (exact) mass is 434 g/mol. The van der Waals surface area contributed by atoms with Crippen LogP contribution < -0.4 is 5.32 Å². The zero-order valence-electron chi connectivity index (χ0n) is 15.4. The topological polar surface area (TPSA) is 71.5 Å². The Morgan fingerprint density at radius 2 is 1.93 bits per heavy atom. The molecule has 0 aromatic heterocycles. The minimum absolute atomic E-state index is 0.286. The molecule has 0 spiro atoms. The fourth-order valence-electron chi connectivity index (χ4n) is 3.78. The summed E-state index contributed by atoms with van der Waals surface area (Å²) in [6, 6.07) is 7.13. The number of piperazine rings is 1. The normalized spacial score (nSPS) is 26.2. The number of nitrogens with one attached hydrogen (secondary N) is 1. The minimum atomic E-state index is -0.513. The summed E-state index contributed by atoms with van der Waals surface area (Å²) in [4.78, 5) is 37.6. The number of carbonyl (C=O) groups excluding carboxylic acids is 2. The Bertz CT molecular complexity index is 792. The zero-order chi connectivity index (χ0) is 19.1. The van der Waals surface area contributed by atoms with E-state index >= 15 is 0 Å². The molecule has 9 heteroatoms. The van der Waals surface area contributed by atoms with Crippen LogP contribution in [-0.4, -0.2) is 90.0 Å². The summed E-state index contributed by atoms with van der Waals surface area (Å²) in [7, 11) is 3.79. The van der Waals surface area contributed by atoms with Gasteiger partial charge in [0.05, 0.1) is 0 Å². The van der Waals surface area contributed by atoms with E-state index in [-0.39, 0.29) is 5.91 Å². The third-order valence-corrected chi connectivity index (χ3v) is 5.86. The van der Waals surface area contributed by atoms with Gasteiger partial charge in [-0.2, -0.15) is 0 Å². The molecule has 1 N–H and O–H groups in total. The highest BCUT2D eigenvalue weighted by atomic mass is 79.9. The molecular formula is C18H23BrN6O2. The Morgan fingerprint density at radius 1 is 1.19 bits per heavy atom. The van der Waals surface area contributed by atoms with Crippen molar-refractivity contribution in [2.75, 3.05) is 40.3 Å². The number of rotatable bonds is 2. The summed E-state index contributed by atoms with van der Waals surface area (Å²) >= 11 is 3.51. The highest BCUT2D eigenvalue weighted by molar-refractivity contribution is 9.10. The lowest BCUT2D eigenvalue weighted by molar-refractivity contribution is -0.127. The van der Waals surface area contributed by atoms with E-state index in [1.807, 2.05) is 29.2 Å². The van der Waals surface area contributed by atoms with Crippen molar-refractivity contribution < 1.29 is 9.59 Å². The summed E-state index contributed by atoms with van der Waals surface area (Å²) in [5, 5.41) is 2.46. The predicted octanol–water partition coefficient (Wildman–Crippen LogP) is 0.744. The molecule has 3 amide bonds. The average molecular weight is 435 g/mol. The van der Waals surface area contributed by atoms with Gasteiger partial charge in [0, 0.05) is 44.2 Å². The molecule has 4 rings (SSSR count). The summed E-state index contributed by atoms with van der Waals surface area (Å²) < 4.78 is 0.995. The largest absolute Gasteiger partial charge is 0.340 e. The summed E-state index contributed by atoms with van der Waals surface area (Å²) in [6.45, 7) is 4.15. The van der Waals surface area contributed by atoms with Crippen molar-refractivity contribution in [2.24, 2.45) is 4.99 Å². The van der Waals surface area contributed by atoms with Crippen molar-refractivity contribution in [2.45, 2.75) is 18.8 Å². The van der Waals surface area contributed by atoms with Crippen LogP contribution in [0.25, 0.3) is 0 Å². The molecule has 8 nitrogen and oxygen atoms in total. The molecule has 0 radical (unpaired) electrons. The van der Waals surface area contributed by atoms with Crippen LogP contribution in [0, 0.1) is 0 Å². The van der Waals surface area contributed by atoms with Gasteiger partial charge in [-0.1, -0.05) is 28.1 Å². The third-order valence-electron chi connectivity index (χ3n) is 5.37. The number of carbonyl (C=O) groups is 2. The van der Waals surface area contributed by atoms with Gasteiger partial charge >= 0.3 is 6.03 Å². The van der Waals surface area contributed by atoms with E-state index in [1.54, 1.807) is 7.05 Å². The smallest absolute Gasteiger partial charge is 0.325 e. The second-order valence-electron chi connectivity index (χ2n) is 7.24. The van der Waals surface area contributed by atoms with Crippen molar-refractivity contribution in [1.29, 1.82) is 0 Å². The lowest BCUT2D eigenvalue weighted by Gasteiger charge is -2.39. The molecule has 144 valence electrons. The van der Waals surface area contributed by atoms with Gasteiger partial charge in [0.1, 0.15) is 0 Å². The standard InChI is InChI=1S/C18H23BrN6O2/c1-22-6-8-24(9-7-22)17-20-15-14(16(26)21-18(27)23(15)2)25(17)11-12-4-3-5-13(19)10-12/h3-5,10,14-15H,6-9,11H2,1-2H3,(H,21,26,27). The second kappa shape index (κ2) is 7.12. The quantitative estimate of drug-likeness (QED) is 0.743. The molecular weight excluding hydrogens is 412 g/mol. The number of benzene rings is 1. The van der Waals surface area contributed by atoms with Gasteiger partial charge in [-0.3, -0.25) is 10.1 Å². The number of urea groups is 1. The highest BCUT2D eigenvalue weighted by Gasteiger charge is 2.49. The lowest BCUT2D eigenvalue weighted by Crippen LogP contribution is -2.64. The van der Waals surface area contributed by atoms with E-state index in [0.29, 0.717) is 6.54 Å². The molecule has 0 saturated carbocycles. The first-order chi connectivity index (χ1) is 12.9. The van der Waals surface area contributed by atoms with E-state index in [1.165, 1.54) is 4.90 Å². The molecule has 2 unspecified atom stereocenters. The zero-order valence-corrected chi connectivity index (χ0v) is 17.0. The molecule has 3 aliphatic heterocycles. The molecule has 2 atom stereocenters. The van der Waals surface area contributed by atoms with Gasteiger partial charge in [0.15, 0.2) is 18.2 Å². The van der Waals surface area contributed by atoms with Crippen LogP contribution in [0.5, 0.6) is 0 Å². The van der Waals surface area contributed by atoms with Crippen LogP contribution in [0.15, 0.2) is 33.7 Å². The Morgan fingerprint density at radius 3 is 2.63 bits per heavy atom. The number of hydrogen-bond donors (Lipinski definition) is 1. The summed E-state index contributed by atoms with van der Waals surface area (Å²) in [5.74, 6) is 0.515. The number of fused-ring (bicyclic) bond motifs is 1. The molecule has 2 saturated heterocycles. The predicted molar refractivity (Wildman–Crippen MR) is 105 cm³/mol. The maximum atomic E-state index is 12.7. The van der Waals surface area contributed by atoms with E-state index in [4.69, 9.17) is 4.99 Å². The number of halogens is 1. The Hall–Kier alpha value is -2.13. The summed E-state index contributed by atoms with van der Waals surface area (Å²) in [5.41, 5.74) is 1.08. The van der Waals surface area contributed by atoms with E-state index in [2.05, 4.69) is 38.1 Å². The van der Waals surface area contributed by atoms with Crippen LogP contribution in [0.3, 0.4) is 0 Å². The Labute approximate surface area is 166 Å². The molecule has 0 aliphatic carbocycles. The van der Waals surface area contributed by atoms with Crippen LogP contribution in [0.4, 0.5) is 4.79 Å². The first-order valence-electron chi connectivity index (χ1n) is 9.04. The van der Waals surface area contributed by atoms with Crippen molar-refractivity contribution in [3.63, 3.8) is 0 Å². The first kappa shape index (κ1) is 18.2. The van der Waals surface area contributed by atoms with E-state index < -0.39 is 18.2 Å². The molecule has 3 aliphatic rings. The number of amides is 3. The first-order valence-corrected chi connectivity index (χ1v) is 9.83. The molecule has 1 aromatic carbocycles. The number of hydrogen-bond acceptors (Lipinski definition) is 6. The number of imide groups is 1. The fourth-order valence-corrected chi connectivity index (χ4v) is 4.23. The molecule has 0 bridgehead atoms.